The van der Waals surface area contributed by atoms with Crippen LogP contribution in [0, 0.1) is 5.41 Å². The third-order valence-electron chi connectivity index (χ3n) is 3.53. The van der Waals surface area contributed by atoms with E-state index < -0.39 is 0 Å². The Labute approximate surface area is 104 Å². The van der Waals surface area contributed by atoms with Crippen LogP contribution in [-0.2, 0) is 0 Å². The van der Waals surface area contributed by atoms with E-state index in [9.17, 15) is 5.11 Å². The van der Waals surface area contributed by atoms with E-state index in [-0.39, 0.29) is 23.1 Å². The fourth-order valence-electron chi connectivity index (χ4n) is 2.26. The maximum absolute atomic E-state index is 10.1. The molecule has 0 radical (unpaired) electrons. The SMILES string of the molecule is COc1cc(Br)cc([C@@H]2[C@@H](N)C2(C)C)c1O. The molecule has 3 N–H and O–H groups in total. The summed E-state index contributed by atoms with van der Waals surface area (Å²) in [4.78, 5) is 0. The van der Waals surface area contributed by atoms with Gasteiger partial charge in [0.25, 0.3) is 0 Å². The van der Waals surface area contributed by atoms with Crippen molar-refractivity contribution in [1.82, 2.24) is 0 Å². The first kappa shape index (κ1) is 11.7. The van der Waals surface area contributed by atoms with Crippen LogP contribution in [0.3, 0.4) is 0 Å². The Morgan fingerprint density at radius 1 is 1.44 bits per heavy atom. The highest BCUT2D eigenvalue weighted by atomic mass is 79.9. The lowest BCUT2D eigenvalue weighted by Gasteiger charge is -2.10. The molecule has 1 aromatic rings. The fraction of sp³-hybridized carbons (Fsp3) is 0.500. The van der Waals surface area contributed by atoms with Gasteiger partial charge in [-0.3, -0.25) is 0 Å². The number of aromatic hydroxyl groups is 1. The molecule has 1 saturated carbocycles. The first-order chi connectivity index (χ1) is 7.39. The van der Waals surface area contributed by atoms with Crippen molar-refractivity contribution in [1.29, 1.82) is 0 Å². The Morgan fingerprint density at radius 3 is 2.44 bits per heavy atom. The zero-order valence-corrected chi connectivity index (χ0v) is 11.2. The molecule has 0 bridgehead atoms. The molecule has 2 rings (SSSR count). The van der Waals surface area contributed by atoms with E-state index in [2.05, 4.69) is 29.8 Å². The van der Waals surface area contributed by atoms with Gasteiger partial charge in [-0.05, 0) is 17.5 Å². The number of benzene rings is 1. The van der Waals surface area contributed by atoms with E-state index in [1.165, 1.54) is 0 Å². The number of hydrogen-bond acceptors (Lipinski definition) is 3. The van der Waals surface area contributed by atoms with Gasteiger partial charge in [-0.1, -0.05) is 29.8 Å². The first-order valence-electron chi connectivity index (χ1n) is 5.21. The summed E-state index contributed by atoms with van der Waals surface area (Å²) in [6.45, 7) is 4.21. The lowest BCUT2D eigenvalue weighted by atomic mass is 10.0. The topological polar surface area (TPSA) is 55.5 Å². The molecule has 0 heterocycles. The Kier molecular flexibility index (Phi) is 2.67. The minimum atomic E-state index is 0.0449. The molecule has 16 heavy (non-hydrogen) atoms. The molecular formula is C12H16BrNO2. The summed E-state index contributed by atoms with van der Waals surface area (Å²) in [6, 6.07) is 3.76. The maximum atomic E-state index is 10.1. The van der Waals surface area contributed by atoms with Gasteiger partial charge in [-0.2, -0.15) is 0 Å². The molecule has 88 valence electrons. The summed E-state index contributed by atoms with van der Waals surface area (Å²) >= 11 is 3.41. The zero-order chi connectivity index (χ0) is 12.1. The largest absolute Gasteiger partial charge is 0.504 e. The van der Waals surface area contributed by atoms with Crippen LogP contribution in [0.1, 0.15) is 25.3 Å². The zero-order valence-electron chi connectivity index (χ0n) is 9.62. The van der Waals surface area contributed by atoms with Gasteiger partial charge < -0.3 is 15.6 Å². The van der Waals surface area contributed by atoms with E-state index >= 15 is 0 Å². The van der Waals surface area contributed by atoms with Gasteiger partial charge in [0.2, 0.25) is 0 Å². The summed E-state index contributed by atoms with van der Waals surface area (Å²) in [5.41, 5.74) is 6.93. The average Bonchev–Trinajstić information content (AvgIpc) is 2.70. The van der Waals surface area contributed by atoms with Crippen LogP contribution in [0.25, 0.3) is 0 Å². The van der Waals surface area contributed by atoms with Crippen molar-refractivity contribution in [2.24, 2.45) is 11.1 Å². The number of halogens is 1. The molecule has 0 saturated heterocycles. The number of rotatable bonds is 2. The van der Waals surface area contributed by atoms with Gasteiger partial charge in [0.1, 0.15) is 0 Å². The number of methoxy groups -OCH3 is 1. The van der Waals surface area contributed by atoms with E-state index in [1.54, 1.807) is 13.2 Å². The van der Waals surface area contributed by atoms with Gasteiger partial charge in [0.05, 0.1) is 7.11 Å². The molecule has 0 unspecified atom stereocenters. The lowest BCUT2D eigenvalue weighted by Crippen LogP contribution is -2.06. The van der Waals surface area contributed by atoms with Crippen molar-refractivity contribution in [3.63, 3.8) is 0 Å². The number of phenolic OH excluding ortho intramolecular Hbond substituents is 1. The standard InChI is InChI=1S/C12H16BrNO2/c1-12(2)9(11(12)14)7-4-6(13)5-8(16-3)10(7)15/h4-5,9,11,15H,14H2,1-3H3/t9-,11-/m1/s1. The molecule has 1 aliphatic carbocycles. The first-order valence-corrected chi connectivity index (χ1v) is 6.01. The Balaban J connectivity index is 2.47. The van der Waals surface area contributed by atoms with Gasteiger partial charge in [-0.15, -0.1) is 0 Å². The summed E-state index contributed by atoms with van der Waals surface area (Å²) in [5, 5.41) is 10.1. The second kappa shape index (κ2) is 3.64. The van der Waals surface area contributed by atoms with Crippen molar-refractivity contribution in [2.75, 3.05) is 7.11 Å². The molecule has 1 aliphatic rings. The molecular weight excluding hydrogens is 270 g/mol. The third kappa shape index (κ3) is 1.60. The van der Waals surface area contributed by atoms with E-state index in [4.69, 9.17) is 10.5 Å². The summed E-state index contributed by atoms with van der Waals surface area (Å²) in [6.07, 6.45) is 0. The van der Waals surface area contributed by atoms with Gasteiger partial charge in [0.15, 0.2) is 11.5 Å². The normalized spacial score (nSPS) is 26.6. The lowest BCUT2D eigenvalue weighted by molar-refractivity contribution is 0.369. The number of phenols is 1. The predicted octanol–water partition coefficient (Wildman–Crippen LogP) is 2.61. The van der Waals surface area contributed by atoms with Crippen LogP contribution in [0.5, 0.6) is 11.5 Å². The molecule has 0 aromatic heterocycles. The maximum Gasteiger partial charge on any atom is 0.161 e. The third-order valence-corrected chi connectivity index (χ3v) is 3.99. The van der Waals surface area contributed by atoms with Crippen LogP contribution in [0.4, 0.5) is 0 Å². The Hall–Kier alpha value is -0.740. The smallest absolute Gasteiger partial charge is 0.161 e. The van der Waals surface area contributed by atoms with Crippen molar-refractivity contribution >= 4 is 15.9 Å². The van der Waals surface area contributed by atoms with E-state index in [0.717, 1.165) is 10.0 Å². The Morgan fingerprint density at radius 2 is 2.00 bits per heavy atom. The van der Waals surface area contributed by atoms with Crippen LogP contribution in [0.15, 0.2) is 16.6 Å². The average molecular weight is 286 g/mol. The van der Waals surface area contributed by atoms with Crippen molar-refractivity contribution in [3.05, 3.63) is 22.2 Å². The van der Waals surface area contributed by atoms with Crippen LogP contribution in [0.2, 0.25) is 0 Å². The highest BCUT2D eigenvalue weighted by molar-refractivity contribution is 9.10. The van der Waals surface area contributed by atoms with Crippen LogP contribution in [-0.4, -0.2) is 18.3 Å². The summed E-state index contributed by atoms with van der Waals surface area (Å²) < 4.78 is 6.02. The number of hydrogen-bond donors (Lipinski definition) is 2. The molecule has 2 atom stereocenters. The van der Waals surface area contributed by atoms with Gasteiger partial charge in [-0.25, -0.2) is 0 Å². The van der Waals surface area contributed by atoms with Crippen molar-refractivity contribution in [3.8, 4) is 11.5 Å². The summed E-state index contributed by atoms with van der Waals surface area (Å²) in [7, 11) is 1.54. The molecule has 1 fully saturated rings. The molecule has 4 heteroatoms. The Bertz CT molecular complexity index is 431. The van der Waals surface area contributed by atoms with E-state index in [0.29, 0.717) is 5.75 Å². The van der Waals surface area contributed by atoms with Crippen LogP contribution >= 0.6 is 15.9 Å². The highest BCUT2D eigenvalue weighted by Crippen LogP contribution is 2.60. The highest BCUT2D eigenvalue weighted by Gasteiger charge is 2.57. The van der Waals surface area contributed by atoms with Crippen molar-refractivity contribution in [2.45, 2.75) is 25.8 Å². The molecule has 1 aromatic carbocycles. The van der Waals surface area contributed by atoms with Crippen molar-refractivity contribution < 1.29 is 9.84 Å². The predicted molar refractivity (Wildman–Crippen MR) is 66.9 cm³/mol. The molecule has 3 nitrogen and oxygen atoms in total. The minimum absolute atomic E-state index is 0.0449. The monoisotopic (exact) mass is 285 g/mol. The van der Waals surface area contributed by atoms with Gasteiger partial charge >= 0.3 is 0 Å². The molecule has 0 aliphatic heterocycles. The quantitative estimate of drug-likeness (QED) is 0.878. The fourth-order valence-corrected chi connectivity index (χ4v) is 2.71. The minimum Gasteiger partial charge on any atom is -0.504 e. The van der Waals surface area contributed by atoms with Crippen LogP contribution < -0.4 is 10.5 Å². The van der Waals surface area contributed by atoms with E-state index in [1.807, 2.05) is 6.07 Å². The molecule has 0 amide bonds. The summed E-state index contributed by atoms with van der Waals surface area (Å²) in [5.74, 6) is 0.884. The second-order valence-corrected chi connectivity index (χ2v) is 5.79. The number of ether oxygens (including phenoxy) is 1. The number of nitrogens with two attached hydrogens (primary N) is 1. The molecule has 0 spiro atoms. The second-order valence-electron chi connectivity index (χ2n) is 4.87. The van der Waals surface area contributed by atoms with Gasteiger partial charge in [0, 0.05) is 22.0 Å².